The average Bonchev–Trinajstić information content (AvgIpc) is 2.14. The molecular weight excluding hydrogens is 197 g/mol. The maximum absolute atomic E-state index is 12.8. The molecule has 0 amide bonds. The first-order chi connectivity index (χ1) is 6.65. The van der Waals surface area contributed by atoms with Crippen LogP contribution in [0.1, 0.15) is 23.6 Å². The van der Waals surface area contributed by atoms with E-state index in [1.807, 2.05) is 6.92 Å². The predicted octanol–water partition coefficient (Wildman–Crippen LogP) is 2.89. The number of aryl methyl sites for hydroxylation is 1. The number of nitrogens with two attached hydrogens (primary N) is 1. The highest BCUT2D eigenvalue weighted by Crippen LogP contribution is 2.20. The first-order valence-electron chi connectivity index (χ1n) is 4.65. The predicted molar refractivity (Wildman–Crippen MR) is 61.1 cm³/mol. The Morgan fingerprint density at radius 1 is 1.50 bits per heavy atom. The van der Waals surface area contributed by atoms with Gasteiger partial charge in [0.1, 0.15) is 5.82 Å². The SMILES string of the molecule is CSCCC(N)c1ccc(F)cc1C. The first kappa shape index (κ1) is 11.5. The van der Waals surface area contributed by atoms with E-state index in [1.165, 1.54) is 12.1 Å². The Hall–Kier alpha value is -0.540. The van der Waals surface area contributed by atoms with Crippen LogP contribution >= 0.6 is 11.8 Å². The van der Waals surface area contributed by atoms with Crippen LogP contribution in [0.2, 0.25) is 0 Å². The zero-order chi connectivity index (χ0) is 10.6. The fourth-order valence-corrected chi connectivity index (χ4v) is 1.95. The summed E-state index contributed by atoms with van der Waals surface area (Å²) >= 11 is 1.78. The molecular formula is C11H16FNS. The van der Waals surface area contributed by atoms with Crippen molar-refractivity contribution in [2.45, 2.75) is 19.4 Å². The maximum atomic E-state index is 12.8. The summed E-state index contributed by atoms with van der Waals surface area (Å²) in [7, 11) is 0. The van der Waals surface area contributed by atoms with Crippen molar-refractivity contribution >= 4 is 11.8 Å². The zero-order valence-corrected chi connectivity index (χ0v) is 9.40. The van der Waals surface area contributed by atoms with Crippen molar-refractivity contribution in [1.82, 2.24) is 0 Å². The molecule has 78 valence electrons. The zero-order valence-electron chi connectivity index (χ0n) is 8.59. The Kier molecular flexibility index (Phi) is 4.42. The number of rotatable bonds is 4. The van der Waals surface area contributed by atoms with Crippen LogP contribution in [0.25, 0.3) is 0 Å². The van der Waals surface area contributed by atoms with Gasteiger partial charge < -0.3 is 5.73 Å². The van der Waals surface area contributed by atoms with Gasteiger partial charge in [-0.25, -0.2) is 4.39 Å². The van der Waals surface area contributed by atoms with Crippen LogP contribution in [0, 0.1) is 12.7 Å². The molecule has 1 rings (SSSR count). The van der Waals surface area contributed by atoms with E-state index >= 15 is 0 Å². The Morgan fingerprint density at radius 3 is 2.79 bits per heavy atom. The van der Waals surface area contributed by atoms with E-state index in [9.17, 15) is 4.39 Å². The summed E-state index contributed by atoms with van der Waals surface area (Å²) in [5.41, 5.74) is 8.00. The average molecular weight is 213 g/mol. The fourth-order valence-electron chi connectivity index (χ4n) is 1.46. The number of halogens is 1. The summed E-state index contributed by atoms with van der Waals surface area (Å²) in [6.45, 7) is 1.90. The Morgan fingerprint density at radius 2 is 2.21 bits per heavy atom. The van der Waals surface area contributed by atoms with Gasteiger partial charge in [0, 0.05) is 6.04 Å². The largest absolute Gasteiger partial charge is 0.324 e. The monoisotopic (exact) mass is 213 g/mol. The molecule has 1 aromatic carbocycles. The van der Waals surface area contributed by atoms with Gasteiger partial charge in [-0.15, -0.1) is 0 Å². The molecule has 14 heavy (non-hydrogen) atoms. The number of benzene rings is 1. The van der Waals surface area contributed by atoms with Gasteiger partial charge in [-0.05, 0) is 48.6 Å². The van der Waals surface area contributed by atoms with Crippen molar-refractivity contribution in [1.29, 1.82) is 0 Å². The molecule has 0 aromatic heterocycles. The summed E-state index contributed by atoms with van der Waals surface area (Å²) in [4.78, 5) is 0. The van der Waals surface area contributed by atoms with Crippen LogP contribution < -0.4 is 5.73 Å². The van der Waals surface area contributed by atoms with Gasteiger partial charge >= 0.3 is 0 Å². The van der Waals surface area contributed by atoms with Crippen LogP contribution in [0.3, 0.4) is 0 Å². The molecule has 3 heteroatoms. The molecule has 1 nitrogen and oxygen atoms in total. The van der Waals surface area contributed by atoms with E-state index in [1.54, 1.807) is 17.8 Å². The van der Waals surface area contributed by atoms with Crippen molar-refractivity contribution in [3.8, 4) is 0 Å². The molecule has 1 unspecified atom stereocenters. The lowest BCUT2D eigenvalue weighted by Gasteiger charge is -2.13. The van der Waals surface area contributed by atoms with Crippen molar-refractivity contribution in [3.05, 3.63) is 35.1 Å². The standard InChI is InChI=1S/C11H16FNS/c1-8-7-9(12)3-4-10(8)11(13)5-6-14-2/h3-4,7,11H,5-6,13H2,1-2H3. The van der Waals surface area contributed by atoms with Gasteiger partial charge in [0.25, 0.3) is 0 Å². The summed E-state index contributed by atoms with van der Waals surface area (Å²) in [5.74, 6) is 0.848. The van der Waals surface area contributed by atoms with Crippen molar-refractivity contribution in [2.75, 3.05) is 12.0 Å². The normalized spacial score (nSPS) is 12.9. The Balaban J connectivity index is 2.74. The lowest BCUT2D eigenvalue weighted by Crippen LogP contribution is -2.12. The quantitative estimate of drug-likeness (QED) is 0.832. The molecule has 0 fully saturated rings. The summed E-state index contributed by atoms with van der Waals surface area (Å²) in [6, 6.07) is 4.83. The number of hydrogen-bond acceptors (Lipinski definition) is 2. The maximum Gasteiger partial charge on any atom is 0.123 e. The van der Waals surface area contributed by atoms with Crippen LogP contribution in [0.4, 0.5) is 4.39 Å². The third-order valence-corrected chi connectivity index (χ3v) is 2.91. The van der Waals surface area contributed by atoms with E-state index in [4.69, 9.17) is 5.73 Å². The van der Waals surface area contributed by atoms with Gasteiger partial charge in [0.05, 0.1) is 0 Å². The van der Waals surface area contributed by atoms with Crippen LogP contribution in [-0.2, 0) is 0 Å². The van der Waals surface area contributed by atoms with Gasteiger partial charge in [-0.3, -0.25) is 0 Å². The van der Waals surface area contributed by atoms with E-state index in [0.717, 1.165) is 23.3 Å². The van der Waals surface area contributed by atoms with Gasteiger partial charge in [0.2, 0.25) is 0 Å². The molecule has 0 aliphatic rings. The molecule has 0 radical (unpaired) electrons. The summed E-state index contributed by atoms with van der Waals surface area (Å²) < 4.78 is 12.8. The van der Waals surface area contributed by atoms with Crippen molar-refractivity contribution in [3.63, 3.8) is 0 Å². The van der Waals surface area contributed by atoms with Crippen molar-refractivity contribution < 1.29 is 4.39 Å². The van der Waals surface area contributed by atoms with E-state index in [0.29, 0.717) is 0 Å². The molecule has 0 saturated carbocycles. The molecule has 0 saturated heterocycles. The molecule has 0 spiro atoms. The Labute approximate surface area is 88.9 Å². The second-order valence-electron chi connectivity index (χ2n) is 3.39. The van der Waals surface area contributed by atoms with Gasteiger partial charge in [-0.1, -0.05) is 6.07 Å². The topological polar surface area (TPSA) is 26.0 Å². The smallest absolute Gasteiger partial charge is 0.123 e. The van der Waals surface area contributed by atoms with E-state index in [2.05, 4.69) is 6.26 Å². The Bertz CT molecular complexity index is 301. The lowest BCUT2D eigenvalue weighted by atomic mass is 10.0. The first-order valence-corrected chi connectivity index (χ1v) is 6.05. The minimum atomic E-state index is -0.191. The molecule has 1 aromatic rings. The second kappa shape index (κ2) is 5.37. The minimum absolute atomic E-state index is 0.0306. The molecule has 1 atom stereocenters. The molecule has 2 N–H and O–H groups in total. The number of hydrogen-bond donors (Lipinski definition) is 1. The van der Waals surface area contributed by atoms with E-state index < -0.39 is 0 Å². The van der Waals surface area contributed by atoms with Gasteiger partial charge in [-0.2, -0.15) is 11.8 Å². The van der Waals surface area contributed by atoms with Crippen molar-refractivity contribution in [2.24, 2.45) is 5.73 Å². The lowest BCUT2D eigenvalue weighted by molar-refractivity contribution is 0.621. The molecule has 0 bridgehead atoms. The van der Waals surface area contributed by atoms with Crippen LogP contribution in [-0.4, -0.2) is 12.0 Å². The fraction of sp³-hybridized carbons (Fsp3) is 0.455. The van der Waals surface area contributed by atoms with Crippen LogP contribution in [0.15, 0.2) is 18.2 Å². The molecule has 0 aliphatic heterocycles. The molecule has 0 heterocycles. The van der Waals surface area contributed by atoms with E-state index in [-0.39, 0.29) is 11.9 Å². The minimum Gasteiger partial charge on any atom is -0.324 e. The highest BCUT2D eigenvalue weighted by molar-refractivity contribution is 7.98. The van der Waals surface area contributed by atoms with Gasteiger partial charge in [0.15, 0.2) is 0 Å². The summed E-state index contributed by atoms with van der Waals surface area (Å²) in [5, 5.41) is 0. The highest BCUT2D eigenvalue weighted by Gasteiger charge is 2.08. The highest BCUT2D eigenvalue weighted by atomic mass is 32.2. The third-order valence-electron chi connectivity index (χ3n) is 2.26. The second-order valence-corrected chi connectivity index (χ2v) is 4.37. The number of thioether (sulfide) groups is 1. The van der Waals surface area contributed by atoms with Crippen LogP contribution in [0.5, 0.6) is 0 Å². The third kappa shape index (κ3) is 3.00. The summed E-state index contributed by atoms with van der Waals surface area (Å²) in [6.07, 6.45) is 3.00. The molecule has 0 aliphatic carbocycles.